The molecule has 0 spiro atoms. The summed E-state index contributed by atoms with van der Waals surface area (Å²) in [6.07, 6.45) is 13.8. The fourth-order valence-corrected chi connectivity index (χ4v) is 4.61. The highest BCUT2D eigenvalue weighted by Gasteiger charge is 2.35. The molecule has 0 radical (unpaired) electrons. The maximum absolute atomic E-state index is 10.2. The topological polar surface area (TPSA) is 29.5 Å². The van der Waals surface area contributed by atoms with E-state index in [-0.39, 0.29) is 6.10 Å². The minimum atomic E-state index is -1.20. The number of hydrogen-bond donors (Lipinski definition) is 1. The van der Waals surface area contributed by atoms with Gasteiger partial charge in [-0.05, 0) is 30.6 Å². The Morgan fingerprint density at radius 2 is 1.62 bits per heavy atom. The summed E-state index contributed by atoms with van der Waals surface area (Å²) in [5.74, 6) is 0.605. The minimum Gasteiger partial charge on any atom is -0.350 e. The molecule has 21 heavy (non-hydrogen) atoms. The van der Waals surface area contributed by atoms with Crippen molar-refractivity contribution >= 4 is 8.38 Å². The van der Waals surface area contributed by atoms with E-state index in [4.69, 9.17) is 4.52 Å². The Hall–Kier alpha value is 0.350. The first-order chi connectivity index (χ1) is 9.95. The van der Waals surface area contributed by atoms with Gasteiger partial charge in [0.15, 0.2) is 8.38 Å². The molecule has 1 rings (SSSR count). The third-order valence-electron chi connectivity index (χ3n) is 4.77. The number of hydrogen-bond acceptors (Lipinski definition) is 2. The highest BCUT2D eigenvalue weighted by Crippen LogP contribution is 2.45. The standard InChI is InChI=1S/C18H37O2P/c1-5-6-7-8-9-12-15-21(19)20-17-14-11-10-13-16(17)18(2,3)4/h16-17,19H,5-15H2,1-4H3/t16-,17-,21?/m1/s1. The molecule has 0 saturated heterocycles. The first-order valence-corrected chi connectivity index (χ1v) is 10.5. The van der Waals surface area contributed by atoms with Crippen LogP contribution in [0.1, 0.15) is 91.9 Å². The lowest BCUT2D eigenvalue weighted by atomic mass is 9.71. The zero-order valence-electron chi connectivity index (χ0n) is 14.7. The molecule has 1 aliphatic rings. The predicted octanol–water partition coefficient (Wildman–Crippen LogP) is 6.27. The minimum absolute atomic E-state index is 0.287. The average Bonchev–Trinajstić information content (AvgIpc) is 2.42. The molecule has 1 saturated carbocycles. The normalized spacial score (nSPS) is 25.0. The van der Waals surface area contributed by atoms with Gasteiger partial charge >= 0.3 is 0 Å². The van der Waals surface area contributed by atoms with Gasteiger partial charge in [-0.1, -0.05) is 72.6 Å². The molecule has 0 amide bonds. The van der Waals surface area contributed by atoms with Gasteiger partial charge in [0.2, 0.25) is 0 Å². The fraction of sp³-hybridized carbons (Fsp3) is 1.00. The molecule has 0 heterocycles. The van der Waals surface area contributed by atoms with E-state index in [1.54, 1.807) is 0 Å². The summed E-state index contributed by atoms with van der Waals surface area (Å²) in [6.45, 7) is 9.18. The van der Waals surface area contributed by atoms with Crippen LogP contribution in [-0.4, -0.2) is 17.2 Å². The molecule has 126 valence electrons. The largest absolute Gasteiger partial charge is 0.350 e. The van der Waals surface area contributed by atoms with E-state index >= 15 is 0 Å². The summed E-state index contributed by atoms with van der Waals surface area (Å²) < 4.78 is 6.08. The van der Waals surface area contributed by atoms with Crippen LogP contribution in [0.5, 0.6) is 0 Å². The van der Waals surface area contributed by atoms with Crippen LogP contribution in [-0.2, 0) is 4.52 Å². The Morgan fingerprint density at radius 3 is 2.29 bits per heavy atom. The summed E-state index contributed by atoms with van der Waals surface area (Å²) in [6, 6.07) is 0. The van der Waals surface area contributed by atoms with Crippen molar-refractivity contribution in [3.63, 3.8) is 0 Å². The smallest absolute Gasteiger partial charge is 0.167 e. The summed E-state index contributed by atoms with van der Waals surface area (Å²) in [4.78, 5) is 10.2. The maximum Gasteiger partial charge on any atom is 0.167 e. The molecule has 1 unspecified atom stereocenters. The third-order valence-corrected chi connectivity index (χ3v) is 5.99. The van der Waals surface area contributed by atoms with Crippen molar-refractivity contribution < 1.29 is 9.42 Å². The Labute approximate surface area is 134 Å². The van der Waals surface area contributed by atoms with Gasteiger partial charge in [-0.15, -0.1) is 0 Å². The zero-order chi connectivity index (χ0) is 15.7. The van der Waals surface area contributed by atoms with Crippen LogP contribution in [0.3, 0.4) is 0 Å². The fourth-order valence-electron chi connectivity index (χ4n) is 3.45. The quantitative estimate of drug-likeness (QED) is 0.401. The summed E-state index contributed by atoms with van der Waals surface area (Å²) >= 11 is 0. The van der Waals surface area contributed by atoms with Gasteiger partial charge in [0.25, 0.3) is 0 Å². The van der Waals surface area contributed by atoms with Crippen molar-refractivity contribution in [2.24, 2.45) is 11.3 Å². The average molecular weight is 316 g/mol. The van der Waals surface area contributed by atoms with E-state index in [9.17, 15) is 4.89 Å². The van der Waals surface area contributed by atoms with Crippen molar-refractivity contribution in [2.75, 3.05) is 6.16 Å². The molecule has 2 nitrogen and oxygen atoms in total. The molecule has 0 bridgehead atoms. The summed E-state index contributed by atoms with van der Waals surface area (Å²) in [5.41, 5.74) is 0.293. The molecule has 1 fully saturated rings. The van der Waals surface area contributed by atoms with E-state index in [1.165, 1.54) is 51.4 Å². The number of rotatable bonds is 9. The summed E-state index contributed by atoms with van der Waals surface area (Å²) in [5, 5.41) is 0. The van der Waals surface area contributed by atoms with Crippen molar-refractivity contribution in [3.05, 3.63) is 0 Å². The van der Waals surface area contributed by atoms with Crippen LogP contribution in [0.4, 0.5) is 0 Å². The lowest BCUT2D eigenvalue weighted by molar-refractivity contribution is 0.0294. The van der Waals surface area contributed by atoms with Crippen molar-refractivity contribution in [2.45, 2.75) is 98.0 Å². The molecule has 1 aliphatic carbocycles. The molecule has 1 N–H and O–H groups in total. The Balaban J connectivity index is 2.23. The van der Waals surface area contributed by atoms with Gasteiger partial charge < -0.3 is 9.42 Å². The molecule has 3 heteroatoms. The molecular weight excluding hydrogens is 279 g/mol. The van der Waals surface area contributed by atoms with Crippen LogP contribution in [0.25, 0.3) is 0 Å². The van der Waals surface area contributed by atoms with Gasteiger partial charge in [0.05, 0.1) is 6.10 Å². The van der Waals surface area contributed by atoms with Gasteiger partial charge in [-0.2, -0.15) is 0 Å². The second-order valence-electron chi connectivity index (χ2n) is 7.74. The van der Waals surface area contributed by atoms with Gasteiger partial charge in [0.1, 0.15) is 0 Å². The molecule has 0 aromatic heterocycles. The van der Waals surface area contributed by atoms with E-state index in [0.29, 0.717) is 11.3 Å². The predicted molar refractivity (Wildman–Crippen MR) is 93.7 cm³/mol. The van der Waals surface area contributed by atoms with Crippen LogP contribution < -0.4 is 0 Å². The summed E-state index contributed by atoms with van der Waals surface area (Å²) in [7, 11) is -1.20. The molecule has 3 atom stereocenters. The van der Waals surface area contributed by atoms with Gasteiger partial charge in [-0.3, -0.25) is 0 Å². The van der Waals surface area contributed by atoms with Gasteiger partial charge in [-0.25, -0.2) is 0 Å². The lowest BCUT2D eigenvalue weighted by Crippen LogP contribution is -2.35. The van der Waals surface area contributed by atoms with E-state index in [1.807, 2.05) is 0 Å². The number of unbranched alkanes of at least 4 members (excludes halogenated alkanes) is 5. The van der Waals surface area contributed by atoms with Crippen LogP contribution in [0.2, 0.25) is 0 Å². The highest BCUT2D eigenvalue weighted by atomic mass is 31.2. The van der Waals surface area contributed by atoms with E-state index < -0.39 is 8.38 Å². The Kier molecular flexibility index (Phi) is 9.41. The van der Waals surface area contributed by atoms with Crippen molar-refractivity contribution in [1.29, 1.82) is 0 Å². The second-order valence-corrected chi connectivity index (χ2v) is 9.11. The first kappa shape index (κ1) is 19.4. The van der Waals surface area contributed by atoms with Crippen molar-refractivity contribution in [3.8, 4) is 0 Å². The van der Waals surface area contributed by atoms with Crippen LogP contribution in [0, 0.1) is 11.3 Å². The van der Waals surface area contributed by atoms with Crippen LogP contribution >= 0.6 is 8.38 Å². The SMILES string of the molecule is CCCCCCCCP(O)O[C@@H]1CCCC[C@H]1C(C)(C)C. The molecule has 0 aromatic rings. The van der Waals surface area contributed by atoms with E-state index in [2.05, 4.69) is 27.7 Å². The molecule has 0 aromatic carbocycles. The third kappa shape index (κ3) is 7.95. The maximum atomic E-state index is 10.2. The van der Waals surface area contributed by atoms with Gasteiger partial charge in [0, 0.05) is 6.16 Å². The Bertz CT molecular complexity index is 262. The molecule has 0 aliphatic heterocycles. The van der Waals surface area contributed by atoms with E-state index in [0.717, 1.165) is 19.0 Å². The monoisotopic (exact) mass is 316 g/mol. The van der Waals surface area contributed by atoms with Crippen LogP contribution in [0.15, 0.2) is 0 Å². The molecular formula is C18H37O2P. The second kappa shape index (κ2) is 10.2. The lowest BCUT2D eigenvalue weighted by Gasteiger charge is -2.40. The van der Waals surface area contributed by atoms with Crippen molar-refractivity contribution in [1.82, 2.24) is 0 Å². The Morgan fingerprint density at radius 1 is 1.00 bits per heavy atom. The first-order valence-electron chi connectivity index (χ1n) is 9.08. The zero-order valence-corrected chi connectivity index (χ0v) is 15.6. The highest BCUT2D eigenvalue weighted by molar-refractivity contribution is 7.46.